The molecule has 1 aromatic carbocycles. The molecule has 16 heavy (non-hydrogen) atoms. The molecular weight excluding hydrogens is 194 g/mol. The van der Waals surface area contributed by atoms with Crippen LogP contribution in [0.15, 0.2) is 24.3 Å². The largest absolute Gasteiger partial charge is 0.371 e. The monoisotopic (exact) mass is 217 g/mol. The van der Waals surface area contributed by atoms with Gasteiger partial charge < -0.3 is 4.90 Å². The molecule has 0 N–H and O–H groups in total. The Morgan fingerprint density at radius 1 is 0.938 bits per heavy atom. The van der Waals surface area contributed by atoms with Gasteiger partial charge in [-0.05, 0) is 36.3 Å². The molecule has 0 amide bonds. The summed E-state index contributed by atoms with van der Waals surface area (Å²) in [4.78, 5) is 2.56. The van der Waals surface area contributed by atoms with Crippen LogP contribution in [0.5, 0.6) is 0 Å². The van der Waals surface area contributed by atoms with Gasteiger partial charge in [-0.3, -0.25) is 0 Å². The normalized spacial score (nSPS) is 17.6. The summed E-state index contributed by atoms with van der Waals surface area (Å²) in [6.07, 6.45) is 4.09. The van der Waals surface area contributed by atoms with Gasteiger partial charge in [-0.1, -0.05) is 39.0 Å². The first kappa shape index (κ1) is 11.5. The van der Waals surface area contributed by atoms with Crippen LogP contribution >= 0.6 is 0 Å². The topological polar surface area (TPSA) is 3.24 Å². The molecule has 0 atom stereocenters. The first-order valence-corrected chi connectivity index (χ1v) is 6.43. The van der Waals surface area contributed by atoms with Crippen LogP contribution in [-0.4, -0.2) is 13.1 Å². The molecule has 0 spiro atoms. The number of nitrogens with zero attached hydrogens (tertiary/aromatic N) is 1. The van der Waals surface area contributed by atoms with Gasteiger partial charge in [0.05, 0.1) is 0 Å². The minimum atomic E-state index is 0.244. The van der Waals surface area contributed by atoms with Crippen molar-refractivity contribution in [2.75, 3.05) is 18.0 Å². The number of rotatable bonds is 1. The van der Waals surface area contributed by atoms with Crippen molar-refractivity contribution in [3.63, 3.8) is 0 Å². The zero-order valence-electron chi connectivity index (χ0n) is 10.8. The molecule has 0 aromatic heterocycles. The van der Waals surface area contributed by atoms with Crippen LogP contribution in [0.1, 0.15) is 45.6 Å². The molecule has 1 heteroatoms. The van der Waals surface area contributed by atoms with E-state index in [1.54, 1.807) is 0 Å². The van der Waals surface area contributed by atoms with Crippen molar-refractivity contribution in [2.45, 2.75) is 45.4 Å². The lowest BCUT2D eigenvalue weighted by Gasteiger charge is -2.34. The molecule has 0 unspecified atom stereocenters. The van der Waals surface area contributed by atoms with Gasteiger partial charge in [-0.25, -0.2) is 0 Å². The van der Waals surface area contributed by atoms with Crippen LogP contribution in [-0.2, 0) is 5.41 Å². The van der Waals surface area contributed by atoms with Gasteiger partial charge in [-0.15, -0.1) is 0 Å². The van der Waals surface area contributed by atoms with E-state index < -0.39 is 0 Å². The first-order chi connectivity index (χ1) is 7.59. The van der Waals surface area contributed by atoms with Gasteiger partial charge in [0.2, 0.25) is 0 Å². The van der Waals surface area contributed by atoms with Crippen molar-refractivity contribution in [3.05, 3.63) is 29.8 Å². The molecule has 1 nitrogen and oxygen atoms in total. The fourth-order valence-electron chi connectivity index (χ4n) is 2.52. The molecule has 0 aliphatic carbocycles. The second-order valence-electron chi connectivity index (χ2n) is 5.81. The Kier molecular flexibility index (Phi) is 3.22. The number of anilines is 1. The maximum atomic E-state index is 2.56. The number of piperidine rings is 1. The molecule has 1 aliphatic heterocycles. The summed E-state index contributed by atoms with van der Waals surface area (Å²) in [7, 11) is 0. The summed E-state index contributed by atoms with van der Waals surface area (Å²) < 4.78 is 0. The lowest BCUT2D eigenvalue weighted by atomic mass is 9.85. The summed E-state index contributed by atoms with van der Waals surface area (Å²) in [5, 5.41) is 0. The fourth-order valence-corrected chi connectivity index (χ4v) is 2.52. The van der Waals surface area contributed by atoms with Gasteiger partial charge in [0, 0.05) is 18.8 Å². The molecule has 1 saturated heterocycles. The van der Waals surface area contributed by atoms with E-state index in [2.05, 4.69) is 49.9 Å². The average molecular weight is 217 g/mol. The summed E-state index contributed by atoms with van der Waals surface area (Å²) in [6.45, 7) is 9.36. The second-order valence-corrected chi connectivity index (χ2v) is 5.81. The van der Waals surface area contributed by atoms with E-state index in [9.17, 15) is 0 Å². The number of para-hydroxylation sites is 1. The van der Waals surface area contributed by atoms with Crippen molar-refractivity contribution in [1.82, 2.24) is 0 Å². The lowest BCUT2D eigenvalue weighted by molar-refractivity contribution is 0.556. The Morgan fingerprint density at radius 2 is 1.56 bits per heavy atom. The summed E-state index contributed by atoms with van der Waals surface area (Å²) >= 11 is 0. The Labute approximate surface area is 99.5 Å². The van der Waals surface area contributed by atoms with E-state index in [1.807, 2.05) is 0 Å². The van der Waals surface area contributed by atoms with Crippen LogP contribution in [0.25, 0.3) is 0 Å². The van der Waals surface area contributed by atoms with Gasteiger partial charge >= 0.3 is 0 Å². The van der Waals surface area contributed by atoms with Gasteiger partial charge in [0.15, 0.2) is 0 Å². The highest BCUT2D eigenvalue weighted by atomic mass is 15.1. The van der Waals surface area contributed by atoms with Crippen molar-refractivity contribution >= 4 is 5.69 Å². The number of hydrogen-bond donors (Lipinski definition) is 0. The quantitative estimate of drug-likeness (QED) is 0.688. The predicted molar refractivity (Wildman–Crippen MR) is 71.2 cm³/mol. The zero-order chi connectivity index (χ0) is 11.6. The Hall–Kier alpha value is -0.980. The van der Waals surface area contributed by atoms with Gasteiger partial charge in [0.1, 0.15) is 0 Å². The standard InChI is InChI=1S/C15H23N/c1-15(2,3)13-9-5-6-10-14(13)16-11-7-4-8-12-16/h5-6,9-10H,4,7-8,11-12H2,1-3H3. The van der Waals surface area contributed by atoms with Crippen molar-refractivity contribution < 1.29 is 0 Å². The highest BCUT2D eigenvalue weighted by Gasteiger charge is 2.21. The molecular formula is C15H23N. The van der Waals surface area contributed by atoms with Crippen LogP contribution in [0.3, 0.4) is 0 Å². The number of benzene rings is 1. The molecule has 1 heterocycles. The van der Waals surface area contributed by atoms with Crippen LogP contribution < -0.4 is 4.90 Å². The molecule has 0 bridgehead atoms. The summed E-state index contributed by atoms with van der Waals surface area (Å²) in [5.74, 6) is 0. The highest BCUT2D eigenvalue weighted by Crippen LogP contribution is 2.32. The maximum absolute atomic E-state index is 2.56. The van der Waals surface area contributed by atoms with Crippen LogP contribution in [0.2, 0.25) is 0 Å². The maximum Gasteiger partial charge on any atom is 0.0404 e. The lowest BCUT2D eigenvalue weighted by Crippen LogP contribution is -2.31. The van der Waals surface area contributed by atoms with Crippen LogP contribution in [0.4, 0.5) is 5.69 Å². The first-order valence-electron chi connectivity index (χ1n) is 6.43. The Morgan fingerprint density at radius 3 is 2.19 bits per heavy atom. The summed E-state index contributed by atoms with van der Waals surface area (Å²) in [5.41, 5.74) is 3.18. The third-order valence-electron chi connectivity index (χ3n) is 3.41. The molecule has 1 aromatic rings. The zero-order valence-corrected chi connectivity index (χ0v) is 10.8. The second kappa shape index (κ2) is 4.48. The van der Waals surface area contributed by atoms with E-state index in [1.165, 1.54) is 43.6 Å². The average Bonchev–Trinajstić information content (AvgIpc) is 2.29. The van der Waals surface area contributed by atoms with Gasteiger partial charge in [-0.2, -0.15) is 0 Å². The Bertz CT molecular complexity index is 343. The third-order valence-corrected chi connectivity index (χ3v) is 3.41. The molecule has 0 saturated carbocycles. The minimum absolute atomic E-state index is 0.244. The Balaban J connectivity index is 2.32. The van der Waals surface area contributed by atoms with Crippen molar-refractivity contribution in [1.29, 1.82) is 0 Å². The van der Waals surface area contributed by atoms with E-state index >= 15 is 0 Å². The molecule has 1 aliphatic rings. The van der Waals surface area contributed by atoms with E-state index in [4.69, 9.17) is 0 Å². The van der Waals surface area contributed by atoms with E-state index in [-0.39, 0.29) is 5.41 Å². The predicted octanol–water partition coefficient (Wildman–Crippen LogP) is 3.97. The smallest absolute Gasteiger partial charge is 0.0404 e. The van der Waals surface area contributed by atoms with E-state index in [0.29, 0.717) is 0 Å². The van der Waals surface area contributed by atoms with Crippen molar-refractivity contribution in [3.8, 4) is 0 Å². The number of hydrogen-bond acceptors (Lipinski definition) is 1. The van der Waals surface area contributed by atoms with Crippen LogP contribution in [0, 0.1) is 0 Å². The third kappa shape index (κ3) is 2.40. The highest BCUT2D eigenvalue weighted by molar-refractivity contribution is 5.56. The SMILES string of the molecule is CC(C)(C)c1ccccc1N1CCCCC1. The molecule has 1 fully saturated rings. The van der Waals surface area contributed by atoms with Gasteiger partial charge in [0.25, 0.3) is 0 Å². The minimum Gasteiger partial charge on any atom is -0.371 e. The van der Waals surface area contributed by atoms with Crippen molar-refractivity contribution in [2.24, 2.45) is 0 Å². The molecule has 88 valence electrons. The molecule has 2 rings (SSSR count). The summed E-state index contributed by atoms with van der Waals surface area (Å²) in [6, 6.07) is 8.89. The molecule has 0 radical (unpaired) electrons. The fraction of sp³-hybridized carbons (Fsp3) is 0.600. The van der Waals surface area contributed by atoms with E-state index in [0.717, 1.165) is 0 Å².